The minimum atomic E-state index is -0.899. The van der Waals surface area contributed by atoms with Crippen molar-refractivity contribution in [1.82, 2.24) is 0 Å². The van der Waals surface area contributed by atoms with E-state index in [4.69, 9.17) is 0 Å². The third kappa shape index (κ3) is 2.81. The van der Waals surface area contributed by atoms with Crippen molar-refractivity contribution in [2.45, 2.75) is 42.9 Å². The van der Waals surface area contributed by atoms with Crippen LogP contribution in [0, 0.1) is 36.5 Å². The summed E-state index contributed by atoms with van der Waals surface area (Å²) in [4.78, 5) is 0. The average molecular weight is 451 g/mol. The van der Waals surface area contributed by atoms with Gasteiger partial charge >= 0.3 is 0 Å². The van der Waals surface area contributed by atoms with Crippen molar-refractivity contribution >= 4 is 0 Å². The lowest BCUT2D eigenvalue weighted by molar-refractivity contribution is 0.378. The van der Waals surface area contributed by atoms with Crippen LogP contribution in [0.2, 0.25) is 0 Å². The summed E-state index contributed by atoms with van der Waals surface area (Å²) < 4.78 is 0. The Morgan fingerprint density at radius 2 is 1.37 bits per heavy atom. The molecule has 2 heteroatoms. The highest BCUT2D eigenvalue weighted by Gasteiger charge is 2.60. The Balaban J connectivity index is 1.75. The van der Waals surface area contributed by atoms with Crippen LogP contribution in [0.1, 0.15) is 51.6 Å². The van der Waals surface area contributed by atoms with Gasteiger partial charge in [0.1, 0.15) is 10.8 Å². The van der Waals surface area contributed by atoms with Gasteiger partial charge in [0, 0.05) is 11.8 Å². The van der Waals surface area contributed by atoms with Gasteiger partial charge in [0.25, 0.3) is 0 Å². The normalized spacial score (nSPS) is 28.0. The van der Waals surface area contributed by atoms with Crippen LogP contribution in [0.25, 0.3) is 0 Å². The number of hydrogen-bond acceptors (Lipinski definition) is 2. The lowest BCUT2D eigenvalue weighted by atomic mass is 9.46. The van der Waals surface area contributed by atoms with E-state index in [0.717, 1.165) is 28.7 Å². The quantitative estimate of drug-likeness (QED) is 0.413. The van der Waals surface area contributed by atoms with Crippen LogP contribution in [0.3, 0.4) is 0 Å². The summed E-state index contributed by atoms with van der Waals surface area (Å²) in [7, 11) is 0. The summed E-state index contributed by atoms with van der Waals surface area (Å²) in [6.45, 7) is 4.19. The van der Waals surface area contributed by atoms with E-state index in [0.29, 0.717) is 0 Å². The topological polar surface area (TPSA) is 47.6 Å². The maximum absolute atomic E-state index is 11.1. The van der Waals surface area contributed by atoms with Gasteiger partial charge in [0.05, 0.1) is 12.1 Å². The van der Waals surface area contributed by atoms with Crippen LogP contribution < -0.4 is 0 Å². The number of benzene rings is 3. The van der Waals surface area contributed by atoms with Gasteiger partial charge < -0.3 is 0 Å². The smallest absolute Gasteiger partial charge is 0.123 e. The molecule has 2 unspecified atom stereocenters. The summed E-state index contributed by atoms with van der Waals surface area (Å²) >= 11 is 0. The van der Waals surface area contributed by atoms with E-state index in [9.17, 15) is 10.5 Å². The summed E-state index contributed by atoms with van der Waals surface area (Å²) in [6, 6.07) is 31.0. The number of hydrogen-bond donors (Lipinski definition) is 0. The molecule has 168 valence electrons. The third-order valence-electron chi connectivity index (χ3n) is 8.29. The highest BCUT2D eigenvalue weighted by atomic mass is 14.6. The predicted molar refractivity (Wildman–Crippen MR) is 139 cm³/mol. The van der Waals surface area contributed by atoms with E-state index in [1.54, 1.807) is 0 Å². The summed E-state index contributed by atoms with van der Waals surface area (Å²) in [5.41, 5.74) is 7.00. The van der Waals surface area contributed by atoms with Crippen molar-refractivity contribution in [1.29, 1.82) is 10.5 Å². The van der Waals surface area contributed by atoms with Gasteiger partial charge in [-0.15, -0.1) is 0 Å². The number of rotatable bonds is 2. The summed E-state index contributed by atoms with van der Waals surface area (Å²) in [6.07, 6.45) is 8.91. The standard InChI is InChI=1S/C33H26N2/c1-22-10-14-24(15-11-22)26-19-30(25-16-12-23(2)13-17-25)33(21-35)28-8-4-3-7-27(28)32(20-34)18-6-5-9-29(33)31(26)32/h3-18,26,30H,19H2,1-2H3/t26-,30+,32?,33?/m0/s1. The van der Waals surface area contributed by atoms with E-state index in [1.165, 1.54) is 22.3 Å². The van der Waals surface area contributed by atoms with Crippen LogP contribution in [0.15, 0.2) is 108 Å². The molecular formula is C33H26N2. The largest absolute Gasteiger partial charge is 0.197 e. The molecule has 3 aliphatic rings. The average Bonchev–Trinajstić information content (AvgIpc) is 3.06. The zero-order valence-corrected chi connectivity index (χ0v) is 20.0. The van der Waals surface area contributed by atoms with Crippen molar-refractivity contribution < 1.29 is 0 Å². The zero-order chi connectivity index (χ0) is 24.2. The maximum atomic E-state index is 11.1. The minimum Gasteiger partial charge on any atom is -0.197 e. The molecule has 4 atom stereocenters. The van der Waals surface area contributed by atoms with Gasteiger partial charge in [-0.3, -0.25) is 0 Å². The van der Waals surface area contributed by atoms with Crippen molar-refractivity contribution in [2.75, 3.05) is 0 Å². The fourth-order valence-electron chi connectivity index (χ4n) is 6.65. The van der Waals surface area contributed by atoms with Crippen LogP contribution in [0.4, 0.5) is 0 Å². The minimum absolute atomic E-state index is 0.0267. The molecule has 0 saturated heterocycles. The first-order valence-corrected chi connectivity index (χ1v) is 12.2. The van der Waals surface area contributed by atoms with E-state index >= 15 is 0 Å². The Hall–Kier alpha value is -4.14. The fourth-order valence-corrected chi connectivity index (χ4v) is 6.65. The molecule has 0 heterocycles. The number of aryl methyl sites for hydroxylation is 2. The van der Waals surface area contributed by atoms with Crippen LogP contribution in [-0.4, -0.2) is 0 Å². The van der Waals surface area contributed by atoms with Gasteiger partial charge in [-0.2, -0.15) is 10.5 Å². The molecule has 2 nitrogen and oxygen atoms in total. The number of nitrogens with zero attached hydrogens (tertiary/aromatic N) is 2. The molecule has 6 rings (SSSR count). The molecule has 0 N–H and O–H groups in total. The first-order valence-electron chi connectivity index (χ1n) is 12.2. The van der Waals surface area contributed by atoms with Crippen LogP contribution >= 0.6 is 0 Å². The highest BCUT2D eigenvalue weighted by molar-refractivity contribution is 5.73. The molecule has 3 aromatic carbocycles. The zero-order valence-electron chi connectivity index (χ0n) is 20.0. The molecule has 3 aromatic rings. The molecule has 3 aliphatic carbocycles. The lowest BCUT2D eigenvalue weighted by Gasteiger charge is -2.53. The summed E-state index contributed by atoms with van der Waals surface area (Å²) in [5, 5.41) is 21.9. The molecule has 0 aromatic heterocycles. The lowest BCUT2D eigenvalue weighted by Crippen LogP contribution is -2.49. The van der Waals surface area contributed by atoms with Crippen molar-refractivity contribution in [3.05, 3.63) is 142 Å². The van der Waals surface area contributed by atoms with E-state index < -0.39 is 10.8 Å². The van der Waals surface area contributed by atoms with Gasteiger partial charge in [0.15, 0.2) is 0 Å². The Morgan fingerprint density at radius 1 is 0.743 bits per heavy atom. The van der Waals surface area contributed by atoms with Crippen molar-refractivity contribution in [3.63, 3.8) is 0 Å². The second-order valence-corrected chi connectivity index (χ2v) is 10.1. The first-order chi connectivity index (χ1) is 17.0. The van der Waals surface area contributed by atoms with Gasteiger partial charge in [0.2, 0.25) is 0 Å². The SMILES string of the molecule is Cc1ccc([C@@H]2C[C@H](c3ccc(C)cc3)C3(C#N)C4=C2C(C#N)(C=CC=C4)c2ccccc23)cc1. The number of allylic oxidation sites excluding steroid dienone is 6. The molecule has 0 radical (unpaired) electrons. The number of nitriles is 2. The van der Waals surface area contributed by atoms with Crippen LogP contribution in [-0.2, 0) is 10.8 Å². The second-order valence-electron chi connectivity index (χ2n) is 10.1. The molecule has 4 bridgehead atoms. The predicted octanol–water partition coefficient (Wildman–Crippen LogP) is 7.23. The van der Waals surface area contributed by atoms with Crippen LogP contribution in [0.5, 0.6) is 0 Å². The monoisotopic (exact) mass is 450 g/mol. The Morgan fingerprint density at radius 3 is 2.00 bits per heavy atom. The van der Waals surface area contributed by atoms with Gasteiger partial charge in [-0.1, -0.05) is 108 Å². The molecule has 35 heavy (non-hydrogen) atoms. The van der Waals surface area contributed by atoms with Gasteiger partial charge in [-0.25, -0.2) is 0 Å². The van der Waals surface area contributed by atoms with E-state index in [1.807, 2.05) is 30.4 Å². The molecular weight excluding hydrogens is 424 g/mol. The Bertz CT molecular complexity index is 1510. The maximum Gasteiger partial charge on any atom is 0.123 e. The molecule has 0 fully saturated rings. The molecule has 0 saturated carbocycles. The molecule has 0 amide bonds. The van der Waals surface area contributed by atoms with E-state index in [-0.39, 0.29) is 11.8 Å². The third-order valence-corrected chi connectivity index (χ3v) is 8.29. The molecule has 0 aliphatic heterocycles. The Kier molecular flexibility index (Phi) is 4.70. The molecule has 0 spiro atoms. The van der Waals surface area contributed by atoms with Crippen molar-refractivity contribution in [2.24, 2.45) is 0 Å². The van der Waals surface area contributed by atoms with Crippen molar-refractivity contribution in [3.8, 4) is 12.1 Å². The Labute approximate surface area is 207 Å². The van der Waals surface area contributed by atoms with Gasteiger partial charge in [-0.05, 0) is 53.7 Å². The van der Waals surface area contributed by atoms with E-state index in [2.05, 4.69) is 92.7 Å². The first kappa shape index (κ1) is 21.4. The number of fused-ring (bicyclic) bond motifs is 3. The summed E-state index contributed by atoms with van der Waals surface area (Å²) in [5.74, 6) is -0.0162. The highest BCUT2D eigenvalue weighted by Crippen LogP contribution is 2.65. The second kappa shape index (κ2) is 7.69. The fraction of sp³-hybridized carbons (Fsp3) is 0.212.